The Bertz CT molecular complexity index is 915. The van der Waals surface area contributed by atoms with E-state index in [1.807, 2.05) is 71.6 Å². The molecular formula is C23H20N2O3. The zero-order valence-corrected chi connectivity index (χ0v) is 15.4. The maximum atomic E-state index is 12.6. The van der Waals surface area contributed by atoms with Gasteiger partial charge in [0.2, 0.25) is 0 Å². The number of para-hydroxylation sites is 2. The Morgan fingerprint density at radius 2 is 1.25 bits per heavy atom. The van der Waals surface area contributed by atoms with Crippen molar-refractivity contribution in [3.63, 3.8) is 0 Å². The molecule has 0 atom stereocenters. The molecule has 5 heteroatoms. The zero-order chi connectivity index (χ0) is 19.8. The smallest absolute Gasteiger partial charge is 0.356 e. The Morgan fingerprint density at radius 1 is 0.786 bits per heavy atom. The first-order chi connectivity index (χ1) is 13.7. The van der Waals surface area contributed by atoms with Crippen LogP contribution in [0.5, 0.6) is 0 Å². The average molecular weight is 372 g/mol. The van der Waals surface area contributed by atoms with Crippen molar-refractivity contribution in [2.24, 2.45) is 0 Å². The lowest BCUT2D eigenvalue weighted by Gasteiger charge is -2.22. The van der Waals surface area contributed by atoms with Gasteiger partial charge in [0, 0.05) is 23.1 Å². The highest BCUT2D eigenvalue weighted by molar-refractivity contribution is 6.01. The molecule has 0 bridgehead atoms. The molecule has 0 radical (unpaired) electrons. The van der Waals surface area contributed by atoms with Crippen LogP contribution in [0.15, 0.2) is 103 Å². The van der Waals surface area contributed by atoms with E-state index in [0.29, 0.717) is 5.56 Å². The van der Waals surface area contributed by atoms with E-state index in [-0.39, 0.29) is 5.70 Å². The van der Waals surface area contributed by atoms with Crippen molar-refractivity contribution in [1.29, 1.82) is 0 Å². The number of nitrogens with zero attached hydrogens (tertiary/aromatic N) is 1. The minimum Gasteiger partial charge on any atom is -0.464 e. The molecule has 140 valence electrons. The highest BCUT2D eigenvalue weighted by Gasteiger charge is 2.17. The van der Waals surface area contributed by atoms with Crippen LogP contribution in [-0.2, 0) is 9.53 Å². The summed E-state index contributed by atoms with van der Waals surface area (Å²) in [5, 5.41) is 2.66. The van der Waals surface area contributed by atoms with Gasteiger partial charge in [0.05, 0.1) is 7.11 Å². The van der Waals surface area contributed by atoms with Gasteiger partial charge in [-0.2, -0.15) is 0 Å². The van der Waals surface area contributed by atoms with Crippen LogP contribution in [0.25, 0.3) is 0 Å². The predicted molar refractivity (Wildman–Crippen MR) is 109 cm³/mol. The Hall–Kier alpha value is -3.86. The number of nitrogens with one attached hydrogen (secondary N) is 1. The number of esters is 1. The van der Waals surface area contributed by atoms with Crippen LogP contribution in [0.1, 0.15) is 10.4 Å². The Balaban J connectivity index is 2.00. The minimum atomic E-state index is -0.638. The van der Waals surface area contributed by atoms with Gasteiger partial charge in [-0.1, -0.05) is 54.6 Å². The summed E-state index contributed by atoms with van der Waals surface area (Å²) in [7, 11) is 1.28. The molecule has 28 heavy (non-hydrogen) atoms. The lowest BCUT2D eigenvalue weighted by atomic mass is 10.2. The highest BCUT2D eigenvalue weighted by Crippen LogP contribution is 2.26. The van der Waals surface area contributed by atoms with Gasteiger partial charge >= 0.3 is 5.97 Å². The third-order valence-corrected chi connectivity index (χ3v) is 4.02. The van der Waals surface area contributed by atoms with Gasteiger partial charge in [0.15, 0.2) is 0 Å². The number of methoxy groups -OCH3 is 1. The summed E-state index contributed by atoms with van der Waals surface area (Å²) in [6, 6.07) is 27.8. The molecule has 0 unspecified atom stereocenters. The van der Waals surface area contributed by atoms with Crippen LogP contribution in [0.4, 0.5) is 11.4 Å². The molecule has 1 N–H and O–H groups in total. The van der Waals surface area contributed by atoms with Gasteiger partial charge < -0.3 is 15.0 Å². The molecule has 5 nitrogen and oxygen atoms in total. The van der Waals surface area contributed by atoms with Crippen LogP contribution in [0.3, 0.4) is 0 Å². The molecule has 0 aliphatic heterocycles. The van der Waals surface area contributed by atoms with Crippen molar-refractivity contribution in [2.75, 3.05) is 12.0 Å². The lowest BCUT2D eigenvalue weighted by molar-refractivity contribution is -0.136. The second-order valence-electron chi connectivity index (χ2n) is 5.90. The van der Waals surface area contributed by atoms with Crippen LogP contribution in [-0.4, -0.2) is 19.0 Å². The monoisotopic (exact) mass is 372 g/mol. The van der Waals surface area contributed by atoms with Gasteiger partial charge in [-0.3, -0.25) is 4.79 Å². The topological polar surface area (TPSA) is 58.6 Å². The summed E-state index contributed by atoms with van der Waals surface area (Å²) in [6.45, 7) is 0. The quantitative estimate of drug-likeness (QED) is 0.519. The highest BCUT2D eigenvalue weighted by atomic mass is 16.5. The number of benzene rings is 3. The molecule has 0 aromatic heterocycles. The lowest BCUT2D eigenvalue weighted by Crippen LogP contribution is -2.30. The number of rotatable bonds is 6. The van der Waals surface area contributed by atoms with Gasteiger partial charge in [0.25, 0.3) is 5.91 Å². The number of carbonyl (C=O) groups excluding carboxylic acids is 2. The second kappa shape index (κ2) is 9.19. The Labute approximate surface area is 163 Å². The average Bonchev–Trinajstić information content (AvgIpc) is 2.77. The number of hydrogen-bond donors (Lipinski definition) is 1. The number of carbonyl (C=O) groups is 2. The SMILES string of the molecule is COC(=O)/C(=C/N(c1ccccc1)c1ccccc1)NC(=O)c1ccccc1. The molecule has 0 heterocycles. The first-order valence-corrected chi connectivity index (χ1v) is 8.75. The van der Waals surface area contributed by atoms with Gasteiger partial charge in [0.1, 0.15) is 5.70 Å². The molecule has 3 aromatic rings. The molecule has 0 fully saturated rings. The number of ether oxygens (including phenoxy) is 1. The van der Waals surface area contributed by atoms with E-state index in [2.05, 4.69) is 5.32 Å². The fraction of sp³-hybridized carbons (Fsp3) is 0.0435. The van der Waals surface area contributed by atoms with Crippen LogP contribution < -0.4 is 10.2 Å². The van der Waals surface area contributed by atoms with E-state index in [1.165, 1.54) is 7.11 Å². The van der Waals surface area contributed by atoms with Crippen LogP contribution in [0.2, 0.25) is 0 Å². The molecule has 0 aliphatic rings. The standard InChI is InChI=1S/C23H20N2O3/c1-28-23(27)21(24-22(26)18-11-5-2-6-12-18)17-25(19-13-7-3-8-14-19)20-15-9-4-10-16-20/h2-17H,1H3,(H,24,26)/b21-17-. The first kappa shape index (κ1) is 18.9. The normalized spacial score (nSPS) is 10.8. The minimum absolute atomic E-state index is 0.0315. The largest absolute Gasteiger partial charge is 0.464 e. The van der Waals surface area contributed by atoms with E-state index in [1.54, 1.807) is 30.5 Å². The van der Waals surface area contributed by atoms with Gasteiger partial charge in [-0.15, -0.1) is 0 Å². The van der Waals surface area contributed by atoms with Crippen molar-refractivity contribution in [2.45, 2.75) is 0 Å². The molecule has 3 aromatic carbocycles. The summed E-state index contributed by atoms with van der Waals surface area (Å²) in [5.74, 6) is -1.03. The molecule has 3 rings (SSSR count). The molecule has 0 spiro atoms. The summed E-state index contributed by atoms with van der Waals surface area (Å²) in [5.41, 5.74) is 2.15. The van der Waals surface area contributed by atoms with E-state index < -0.39 is 11.9 Å². The Kier molecular flexibility index (Phi) is 6.21. The summed E-state index contributed by atoms with van der Waals surface area (Å²) in [6.07, 6.45) is 1.57. The third-order valence-electron chi connectivity index (χ3n) is 4.02. The molecule has 0 saturated heterocycles. The molecule has 0 saturated carbocycles. The van der Waals surface area contributed by atoms with Crippen LogP contribution in [0, 0.1) is 0 Å². The maximum Gasteiger partial charge on any atom is 0.356 e. The van der Waals surface area contributed by atoms with E-state index >= 15 is 0 Å². The van der Waals surface area contributed by atoms with E-state index in [9.17, 15) is 9.59 Å². The number of anilines is 2. The van der Waals surface area contributed by atoms with Crippen molar-refractivity contribution in [3.05, 3.63) is 108 Å². The third kappa shape index (κ3) is 4.65. The van der Waals surface area contributed by atoms with Crippen molar-refractivity contribution in [3.8, 4) is 0 Å². The molecule has 1 amide bonds. The van der Waals surface area contributed by atoms with Crippen molar-refractivity contribution in [1.82, 2.24) is 5.32 Å². The summed E-state index contributed by atoms with van der Waals surface area (Å²) in [4.78, 5) is 26.7. The number of hydrogen-bond acceptors (Lipinski definition) is 4. The van der Waals surface area contributed by atoms with Crippen molar-refractivity contribution < 1.29 is 14.3 Å². The fourth-order valence-corrected chi connectivity index (χ4v) is 2.63. The summed E-state index contributed by atoms with van der Waals surface area (Å²) >= 11 is 0. The Morgan fingerprint density at radius 3 is 1.71 bits per heavy atom. The van der Waals surface area contributed by atoms with Gasteiger partial charge in [-0.25, -0.2) is 4.79 Å². The first-order valence-electron chi connectivity index (χ1n) is 8.75. The number of amides is 1. The predicted octanol–water partition coefficient (Wildman–Crippen LogP) is 4.27. The van der Waals surface area contributed by atoms with Crippen molar-refractivity contribution >= 4 is 23.3 Å². The van der Waals surface area contributed by atoms with E-state index in [4.69, 9.17) is 4.74 Å². The molecule has 0 aliphatic carbocycles. The maximum absolute atomic E-state index is 12.6. The fourth-order valence-electron chi connectivity index (χ4n) is 2.63. The van der Waals surface area contributed by atoms with Crippen LogP contribution >= 0.6 is 0 Å². The molecular weight excluding hydrogens is 352 g/mol. The second-order valence-corrected chi connectivity index (χ2v) is 5.90. The summed E-state index contributed by atoms with van der Waals surface area (Å²) < 4.78 is 4.87. The van der Waals surface area contributed by atoms with E-state index in [0.717, 1.165) is 11.4 Å². The zero-order valence-electron chi connectivity index (χ0n) is 15.4. The van der Waals surface area contributed by atoms with Gasteiger partial charge in [-0.05, 0) is 36.4 Å².